The molecule has 2 N–H and O–H groups in total. The van der Waals surface area contributed by atoms with E-state index >= 15 is 0 Å². The molecule has 1 aromatic rings. The summed E-state index contributed by atoms with van der Waals surface area (Å²) in [6, 6.07) is 2.12. The highest BCUT2D eigenvalue weighted by molar-refractivity contribution is 14.0. The Morgan fingerprint density at radius 3 is 3.07 bits per heavy atom. The van der Waals surface area contributed by atoms with Gasteiger partial charge in [0.2, 0.25) is 0 Å². The van der Waals surface area contributed by atoms with Gasteiger partial charge in [-0.15, -0.1) is 35.3 Å². The molecular formula is C9H13BrIN3S. The van der Waals surface area contributed by atoms with E-state index in [4.69, 9.17) is 0 Å². The molecule has 1 aliphatic rings. The molecular weight excluding hydrogens is 389 g/mol. The normalized spacial score (nSPS) is 14.9. The summed E-state index contributed by atoms with van der Waals surface area (Å²) in [5.74, 6) is 0.925. The number of hydrogen-bond acceptors (Lipinski definition) is 4. The molecule has 0 spiro atoms. The van der Waals surface area contributed by atoms with Crippen molar-refractivity contribution in [1.82, 2.24) is 10.6 Å². The summed E-state index contributed by atoms with van der Waals surface area (Å²) < 4.78 is 1.20. The Kier molecular flexibility index (Phi) is 5.91. The van der Waals surface area contributed by atoms with Crippen LogP contribution in [0.25, 0.3) is 0 Å². The van der Waals surface area contributed by atoms with Crippen LogP contribution in [0.3, 0.4) is 0 Å². The Balaban J connectivity index is 0.00000112. The summed E-state index contributed by atoms with van der Waals surface area (Å²) in [5.41, 5.74) is 1.28. The zero-order chi connectivity index (χ0) is 9.80. The molecule has 84 valence electrons. The molecule has 0 saturated carbocycles. The second kappa shape index (κ2) is 6.70. The van der Waals surface area contributed by atoms with Gasteiger partial charge in [-0.3, -0.25) is 4.99 Å². The first kappa shape index (κ1) is 13.2. The van der Waals surface area contributed by atoms with Crippen molar-refractivity contribution in [1.29, 1.82) is 0 Å². The predicted octanol–water partition coefficient (Wildman–Crippen LogP) is 2.57. The molecule has 0 aromatic carbocycles. The smallest absolute Gasteiger partial charge is 0.191 e. The van der Waals surface area contributed by atoms with Crippen LogP contribution in [-0.2, 0) is 6.54 Å². The van der Waals surface area contributed by atoms with E-state index in [0.717, 1.165) is 32.0 Å². The van der Waals surface area contributed by atoms with Crippen molar-refractivity contribution in [3.05, 3.63) is 20.8 Å². The topological polar surface area (TPSA) is 36.4 Å². The van der Waals surface area contributed by atoms with E-state index in [9.17, 15) is 0 Å². The Hall–Kier alpha value is 0.180. The van der Waals surface area contributed by atoms with Crippen molar-refractivity contribution >= 4 is 57.2 Å². The number of thiophene rings is 1. The molecule has 0 radical (unpaired) electrons. The van der Waals surface area contributed by atoms with Gasteiger partial charge in [0.1, 0.15) is 0 Å². The fourth-order valence-corrected chi connectivity index (χ4v) is 2.51. The Morgan fingerprint density at radius 1 is 1.60 bits per heavy atom. The Bertz CT molecular complexity index is 340. The minimum Gasteiger partial charge on any atom is -0.356 e. The van der Waals surface area contributed by atoms with Crippen LogP contribution in [0, 0.1) is 0 Å². The average Bonchev–Trinajstić information content (AvgIpc) is 2.63. The van der Waals surface area contributed by atoms with E-state index in [2.05, 4.69) is 43.0 Å². The molecule has 0 bridgehead atoms. The molecule has 0 atom stereocenters. The molecule has 2 heterocycles. The maximum atomic E-state index is 4.34. The molecule has 0 unspecified atom stereocenters. The van der Waals surface area contributed by atoms with Gasteiger partial charge in [-0.05, 0) is 39.4 Å². The molecule has 2 rings (SSSR count). The van der Waals surface area contributed by atoms with E-state index in [1.807, 2.05) is 0 Å². The van der Waals surface area contributed by atoms with E-state index < -0.39 is 0 Å². The fourth-order valence-electron chi connectivity index (χ4n) is 1.28. The summed E-state index contributed by atoms with van der Waals surface area (Å²) in [6.07, 6.45) is 1.13. The van der Waals surface area contributed by atoms with Crippen molar-refractivity contribution in [3.8, 4) is 0 Å². The lowest BCUT2D eigenvalue weighted by Gasteiger charge is -2.15. The largest absolute Gasteiger partial charge is 0.356 e. The molecule has 1 aromatic heterocycles. The van der Waals surface area contributed by atoms with Crippen molar-refractivity contribution in [2.45, 2.75) is 13.0 Å². The summed E-state index contributed by atoms with van der Waals surface area (Å²) in [5, 5.41) is 8.59. The first-order chi connectivity index (χ1) is 6.86. The number of hydrogen-bond donors (Lipinski definition) is 2. The summed E-state index contributed by atoms with van der Waals surface area (Å²) >= 11 is 5.22. The van der Waals surface area contributed by atoms with E-state index in [-0.39, 0.29) is 24.0 Å². The van der Waals surface area contributed by atoms with Crippen molar-refractivity contribution < 1.29 is 0 Å². The van der Waals surface area contributed by atoms with Crippen LogP contribution < -0.4 is 10.6 Å². The second-order valence-electron chi connectivity index (χ2n) is 3.08. The van der Waals surface area contributed by atoms with Gasteiger partial charge < -0.3 is 10.6 Å². The fraction of sp³-hybridized carbons (Fsp3) is 0.444. The SMILES string of the molecule is Brc1sccc1CNC1=NCCCN1.I. The van der Waals surface area contributed by atoms with Crippen molar-refractivity contribution in [3.63, 3.8) is 0 Å². The van der Waals surface area contributed by atoms with Crippen molar-refractivity contribution in [2.75, 3.05) is 13.1 Å². The lowest BCUT2D eigenvalue weighted by atomic mass is 10.3. The van der Waals surface area contributed by atoms with Crippen LogP contribution in [0.4, 0.5) is 0 Å². The Morgan fingerprint density at radius 2 is 2.47 bits per heavy atom. The van der Waals surface area contributed by atoms with Gasteiger partial charge in [-0.1, -0.05) is 0 Å². The van der Waals surface area contributed by atoms with E-state index in [0.29, 0.717) is 0 Å². The van der Waals surface area contributed by atoms with Crippen LogP contribution >= 0.6 is 51.2 Å². The molecule has 6 heteroatoms. The molecule has 0 saturated heterocycles. The standard InChI is InChI=1S/C9H12BrN3S.HI/c10-8-7(2-5-14-8)6-13-9-11-3-1-4-12-9;/h2,5H,1,3-4,6H2,(H2,11,12,13);1H. The minimum atomic E-state index is 0. The van der Waals surface area contributed by atoms with Crippen LogP contribution in [0.5, 0.6) is 0 Å². The number of nitrogens with zero attached hydrogens (tertiary/aromatic N) is 1. The number of rotatable bonds is 2. The highest BCUT2D eigenvalue weighted by atomic mass is 127. The van der Waals surface area contributed by atoms with Gasteiger partial charge in [0, 0.05) is 19.6 Å². The summed E-state index contributed by atoms with van der Waals surface area (Å²) in [6.45, 7) is 2.78. The molecule has 15 heavy (non-hydrogen) atoms. The minimum absolute atomic E-state index is 0. The van der Waals surface area contributed by atoms with Crippen molar-refractivity contribution in [2.24, 2.45) is 4.99 Å². The predicted molar refractivity (Wildman–Crippen MR) is 79.2 cm³/mol. The van der Waals surface area contributed by atoms with E-state index in [1.54, 1.807) is 11.3 Å². The third-order valence-corrected chi connectivity index (χ3v) is 3.85. The first-order valence-electron chi connectivity index (χ1n) is 4.60. The van der Waals surface area contributed by atoms with Gasteiger partial charge >= 0.3 is 0 Å². The molecule has 1 aliphatic heterocycles. The number of halogens is 2. The van der Waals surface area contributed by atoms with E-state index in [1.165, 1.54) is 9.35 Å². The molecule has 0 aliphatic carbocycles. The summed E-state index contributed by atoms with van der Waals surface area (Å²) in [4.78, 5) is 4.34. The molecule has 0 fully saturated rings. The quantitative estimate of drug-likeness (QED) is 0.747. The van der Waals surface area contributed by atoms with Gasteiger partial charge in [-0.25, -0.2) is 0 Å². The average molecular weight is 402 g/mol. The lowest BCUT2D eigenvalue weighted by molar-refractivity contribution is 0.702. The molecule has 3 nitrogen and oxygen atoms in total. The third kappa shape index (κ3) is 3.92. The summed E-state index contributed by atoms with van der Waals surface area (Å²) in [7, 11) is 0. The van der Waals surface area contributed by atoms with Crippen LogP contribution in [0.15, 0.2) is 20.2 Å². The van der Waals surface area contributed by atoms with Crippen LogP contribution in [-0.4, -0.2) is 19.0 Å². The Labute approximate surface area is 119 Å². The number of guanidine groups is 1. The maximum absolute atomic E-state index is 4.34. The van der Waals surface area contributed by atoms with Gasteiger partial charge in [0.25, 0.3) is 0 Å². The zero-order valence-corrected chi connectivity index (χ0v) is 12.9. The highest BCUT2D eigenvalue weighted by Gasteiger charge is 2.05. The van der Waals surface area contributed by atoms with Crippen LogP contribution in [0.1, 0.15) is 12.0 Å². The zero-order valence-electron chi connectivity index (χ0n) is 8.12. The monoisotopic (exact) mass is 401 g/mol. The lowest BCUT2D eigenvalue weighted by Crippen LogP contribution is -2.40. The third-order valence-electron chi connectivity index (χ3n) is 2.04. The maximum Gasteiger partial charge on any atom is 0.191 e. The first-order valence-corrected chi connectivity index (χ1v) is 6.27. The number of aliphatic imine (C=N–C) groups is 1. The number of nitrogens with one attached hydrogen (secondary N) is 2. The second-order valence-corrected chi connectivity index (χ2v) is 5.32. The van der Waals surface area contributed by atoms with Gasteiger partial charge in [0.15, 0.2) is 5.96 Å². The van der Waals surface area contributed by atoms with Gasteiger partial charge in [0.05, 0.1) is 3.79 Å². The van der Waals surface area contributed by atoms with Crippen LogP contribution in [0.2, 0.25) is 0 Å². The highest BCUT2D eigenvalue weighted by Crippen LogP contribution is 2.22. The van der Waals surface area contributed by atoms with Gasteiger partial charge in [-0.2, -0.15) is 0 Å². The molecule has 0 amide bonds.